The van der Waals surface area contributed by atoms with Gasteiger partial charge in [-0.2, -0.15) is 0 Å². The second kappa shape index (κ2) is 6.08. The van der Waals surface area contributed by atoms with Crippen LogP contribution in [0.3, 0.4) is 0 Å². The van der Waals surface area contributed by atoms with Crippen LogP contribution in [0.4, 0.5) is 0 Å². The van der Waals surface area contributed by atoms with Crippen LogP contribution in [0.25, 0.3) is 5.69 Å². The Morgan fingerprint density at radius 3 is 2.95 bits per heavy atom. The third kappa shape index (κ3) is 3.37. The molecule has 0 aliphatic heterocycles. The highest BCUT2D eigenvalue weighted by atomic mass is 16.5. The first-order chi connectivity index (χ1) is 9.20. The number of tetrazole rings is 1. The fourth-order valence-electron chi connectivity index (χ4n) is 1.88. The fourth-order valence-corrected chi connectivity index (χ4v) is 1.88. The summed E-state index contributed by atoms with van der Waals surface area (Å²) in [5.74, 6) is -0.188. The van der Waals surface area contributed by atoms with E-state index in [9.17, 15) is 4.79 Å². The van der Waals surface area contributed by atoms with Gasteiger partial charge < -0.3 is 4.74 Å². The SMILES string of the molecule is CCOC(=O)CCc1cc(C)ccc1-n1cnnn1. The molecule has 19 heavy (non-hydrogen) atoms. The standard InChI is InChI=1S/C13H16N4O2/c1-3-19-13(18)7-5-11-8-10(2)4-6-12(11)17-9-14-15-16-17/h4,6,8-9H,3,5,7H2,1-2H3. The molecule has 0 unspecified atom stereocenters. The monoisotopic (exact) mass is 260 g/mol. The average Bonchev–Trinajstić information content (AvgIpc) is 2.90. The Balaban J connectivity index is 2.19. The highest BCUT2D eigenvalue weighted by Crippen LogP contribution is 2.17. The van der Waals surface area contributed by atoms with Crippen molar-refractivity contribution >= 4 is 5.97 Å². The lowest BCUT2D eigenvalue weighted by Crippen LogP contribution is -2.07. The predicted octanol–water partition coefficient (Wildman–Crippen LogP) is 1.47. The summed E-state index contributed by atoms with van der Waals surface area (Å²) in [6.07, 6.45) is 2.50. The first-order valence-electron chi connectivity index (χ1n) is 6.19. The first kappa shape index (κ1) is 13.2. The second-order valence-electron chi connectivity index (χ2n) is 4.19. The largest absolute Gasteiger partial charge is 0.466 e. The number of rotatable bonds is 5. The summed E-state index contributed by atoms with van der Waals surface area (Å²) in [6.45, 7) is 4.22. The van der Waals surface area contributed by atoms with E-state index in [0.717, 1.165) is 16.8 Å². The quantitative estimate of drug-likeness (QED) is 0.761. The van der Waals surface area contributed by atoms with Crippen LogP contribution < -0.4 is 0 Å². The molecule has 2 aromatic rings. The molecule has 0 atom stereocenters. The van der Waals surface area contributed by atoms with E-state index < -0.39 is 0 Å². The lowest BCUT2D eigenvalue weighted by molar-refractivity contribution is -0.143. The van der Waals surface area contributed by atoms with E-state index in [4.69, 9.17) is 4.74 Å². The fraction of sp³-hybridized carbons (Fsp3) is 0.385. The number of aryl methyl sites for hydroxylation is 2. The van der Waals surface area contributed by atoms with E-state index in [2.05, 4.69) is 15.5 Å². The Morgan fingerprint density at radius 1 is 1.42 bits per heavy atom. The van der Waals surface area contributed by atoms with Crippen molar-refractivity contribution in [2.45, 2.75) is 26.7 Å². The number of hydrogen-bond donors (Lipinski definition) is 0. The van der Waals surface area contributed by atoms with Gasteiger partial charge in [-0.3, -0.25) is 4.79 Å². The Morgan fingerprint density at radius 2 is 2.26 bits per heavy atom. The molecule has 0 N–H and O–H groups in total. The molecule has 0 saturated carbocycles. The molecule has 2 rings (SSSR count). The van der Waals surface area contributed by atoms with Crippen LogP contribution in [0.1, 0.15) is 24.5 Å². The number of carbonyl (C=O) groups excluding carboxylic acids is 1. The number of ether oxygens (including phenoxy) is 1. The number of esters is 1. The minimum atomic E-state index is -0.188. The minimum absolute atomic E-state index is 0.188. The van der Waals surface area contributed by atoms with Crippen LogP contribution in [-0.2, 0) is 16.0 Å². The number of aromatic nitrogens is 4. The molecule has 0 bridgehead atoms. The van der Waals surface area contributed by atoms with Gasteiger partial charge in [-0.25, -0.2) is 4.68 Å². The first-order valence-corrected chi connectivity index (χ1v) is 6.19. The van der Waals surface area contributed by atoms with Gasteiger partial charge in [0.2, 0.25) is 0 Å². The lowest BCUT2D eigenvalue weighted by Gasteiger charge is -2.09. The molecule has 0 saturated heterocycles. The van der Waals surface area contributed by atoms with Gasteiger partial charge in [-0.05, 0) is 42.3 Å². The Labute approximate surface area is 111 Å². The van der Waals surface area contributed by atoms with E-state index in [1.807, 2.05) is 25.1 Å². The summed E-state index contributed by atoms with van der Waals surface area (Å²) in [7, 11) is 0. The molecule has 1 aromatic heterocycles. The van der Waals surface area contributed by atoms with Gasteiger partial charge in [0.15, 0.2) is 0 Å². The van der Waals surface area contributed by atoms with Crippen molar-refractivity contribution in [3.8, 4) is 5.69 Å². The molecule has 0 fully saturated rings. The molecule has 0 spiro atoms. The number of benzene rings is 1. The second-order valence-corrected chi connectivity index (χ2v) is 4.19. The van der Waals surface area contributed by atoms with Crippen LogP contribution in [0.5, 0.6) is 0 Å². The molecular weight excluding hydrogens is 244 g/mol. The van der Waals surface area contributed by atoms with Gasteiger partial charge >= 0.3 is 5.97 Å². The maximum absolute atomic E-state index is 11.4. The van der Waals surface area contributed by atoms with Crippen LogP contribution in [0, 0.1) is 6.92 Å². The molecule has 1 heterocycles. The molecule has 0 aliphatic rings. The van der Waals surface area contributed by atoms with Crippen molar-refractivity contribution in [2.24, 2.45) is 0 Å². The maximum Gasteiger partial charge on any atom is 0.306 e. The normalized spacial score (nSPS) is 10.4. The van der Waals surface area contributed by atoms with Gasteiger partial charge in [-0.1, -0.05) is 17.7 Å². The van der Waals surface area contributed by atoms with Crippen molar-refractivity contribution in [1.82, 2.24) is 20.2 Å². The van der Waals surface area contributed by atoms with Gasteiger partial charge in [0.1, 0.15) is 6.33 Å². The third-order valence-corrected chi connectivity index (χ3v) is 2.73. The molecule has 6 nitrogen and oxygen atoms in total. The Bertz CT molecular complexity index is 552. The summed E-state index contributed by atoms with van der Waals surface area (Å²) in [4.78, 5) is 11.4. The Hall–Kier alpha value is -2.24. The summed E-state index contributed by atoms with van der Waals surface area (Å²) < 4.78 is 6.54. The van der Waals surface area contributed by atoms with E-state index in [1.54, 1.807) is 17.9 Å². The molecule has 100 valence electrons. The summed E-state index contributed by atoms with van der Waals surface area (Å²) in [6, 6.07) is 5.98. The van der Waals surface area contributed by atoms with Crippen LogP contribution in [0.2, 0.25) is 0 Å². The van der Waals surface area contributed by atoms with Crippen molar-refractivity contribution in [2.75, 3.05) is 6.61 Å². The molecule has 6 heteroatoms. The number of carbonyl (C=O) groups is 1. The van der Waals surface area contributed by atoms with E-state index in [1.165, 1.54) is 0 Å². The summed E-state index contributed by atoms with van der Waals surface area (Å²) >= 11 is 0. The zero-order valence-electron chi connectivity index (χ0n) is 11.0. The van der Waals surface area contributed by atoms with Crippen LogP contribution in [0.15, 0.2) is 24.5 Å². The lowest BCUT2D eigenvalue weighted by atomic mass is 10.0. The van der Waals surface area contributed by atoms with Gasteiger partial charge in [0.05, 0.1) is 12.3 Å². The van der Waals surface area contributed by atoms with E-state index in [-0.39, 0.29) is 5.97 Å². The highest BCUT2D eigenvalue weighted by molar-refractivity contribution is 5.70. The van der Waals surface area contributed by atoms with Crippen molar-refractivity contribution < 1.29 is 9.53 Å². The Kier molecular flexibility index (Phi) is 4.22. The summed E-state index contributed by atoms with van der Waals surface area (Å²) in [5.41, 5.74) is 3.05. The van der Waals surface area contributed by atoms with E-state index in [0.29, 0.717) is 19.4 Å². The van der Waals surface area contributed by atoms with Gasteiger partial charge in [-0.15, -0.1) is 5.10 Å². The molecule has 1 aromatic carbocycles. The van der Waals surface area contributed by atoms with Crippen LogP contribution in [-0.4, -0.2) is 32.8 Å². The zero-order valence-corrected chi connectivity index (χ0v) is 11.0. The van der Waals surface area contributed by atoms with Crippen molar-refractivity contribution in [3.05, 3.63) is 35.7 Å². The topological polar surface area (TPSA) is 69.9 Å². The zero-order chi connectivity index (χ0) is 13.7. The van der Waals surface area contributed by atoms with Crippen molar-refractivity contribution in [1.29, 1.82) is 0 Å². The summed E-state index contributed by atoms with van der Waals surface area (Å²) in [5, 5.41) is 11.1. The number of nitrogens with zero attached hydrogens (tertiary/aromatic N) is 4. The van der Waals surface area contributed by atoms with E-state index >= 15 is 0 Å². The number of hydrogen-bond acceptors (Lipinski definition) is 5. The third-order valence-electron chi connectivity index (χ3n) is 2.73. The molecule has 0 radical (unpaired) electrons. The average molecular weight is 260 g/mol. The minimum Gasteiger partial charge on any atom is -0.466 e. The molecule has 0 amide bonds. The van der Waals surface area contributed by atoms with Gasteiger partial charge in [0, 0.05) is 6.42 Å². The molecular formula is C13H16N4O2. The molecule has 0 aliphatic carbocycles. The smallest absolute Gasteiger partial charge is 0.306 e. The van der Waals surface area contributed by atoms with Gasteiger partial charge in [0.25, 0.3) is 0 Å². The van der Waals surface area contributed by atoms with Crippen molar-refractivity contribution in [3.63, 3.8) is 0 Å². The van der Waals surface area contributed by atoms with Crippen LogP contribution >= 0.6 is 0 Å². The maximum atomic E-state index is 11.4. The predicted molar refractivity (Wildman–Crippen MR) is 68.8 cm³/mol. The highest BCUT2D eigenvalue weighted by Gasteiger charge is 2.09.